The Morgan fingerprint density at radius 1 is 0.833 bits per heavy atom. The number of hydrogen-bond acceptors (Lipinski definition) is 3. The second-order valence-corrected chi connectivity index (χ2v) is 4.43. The van der Waals surface area contributed by atoms with Gasteiger partial charge < -0.3 is 4.55 Å². The normalized spacial score (nSPS) is 15.2. The van der Waals surface area contributed by atoms with Crippen molar-refractivity contribution >= 4 is 10.1 Å². The Kier molecular flexibility index (Phi) is 6.39. The van der Waals surface area contributed by atoms with Crippen molar-refractivity contribution in [3.63, 3.8) is 0 Å². The molecule has 0 aromatic heterocycles. The van der Waals surface area contributed by atoms with Crippen molar-refractivity contribution in [2.75, 3.05) is 0 Å². The van der Waals surface area contributed by atoms with Crippen LogP contribution < -0.4 is 51.4 Å². The van der Waals surface area contributed by atoms with Crippen LogP contribution in [0.25, 0.3) is 0 Å². The molecule has 3 nitrogen and oxygen atoms in total. The number of rotatable bonds is 4. The Balaban J connectivity index is 0. The quantitative estimate of drug-likeness (QED) is 0.379. The van der Waals surface area contributed by atoms with Crippen LogP contribution in [0.2, 0.25) is 0 Å². The summed E-state index contributed by atoms with van der Waals surface area (Å²) < 4.78 is 127. The monoisotopic (exact) mass is 334 g/mol. The van der Waals surface area contributed by atoms with Crippen molar-refractivity contribution < 1.29 is 99.5 Å². The largest absolute Gasteiger partial charge is 1.00 e. The molecule has 0 spiro atoms. The summed E-state index contributed by atoms with van der Waals surface area (Å²) in [5.74, 6) is -19.4. The molecule has 0 N–H and O–H groups in total. The standard InChI is InChI=1S/C5H4F8O3S.K/c1-2(6,7)3(8,9)4(10,11)5(12,13)17(14,15)16;/h1H3,(H,14,15,16);/q;+1/p-1. The smallest absolute Gasteiger partial charge is 0.743 e. The van der Waals surface area contributed by atoms with Gasteiger partial charge in [0.05, 0.1) is 0 Å². The molecule has 0 saturated heterocycles. The SMILES string of the molecule is CC(F)(F)C(F)(F)C(F)(F)C(F)(F)S(=O)(=O)[O-].[K+]. The molecule has 0 heterocycles. The first-order valence-electron chi connectivity index (χ1n) is 3.47. The molecule has 0 aromatic carbocycles. The predicted octanol–water partition coefficient (Wildman–Crippen LogP) is -0.946. The Bertz CT molecular complexity index is 399. The van der Waals surface area contributed by atoms with E-state index in [1.165, 1.54) is 0 Å². The van der Waals surface area contributed by atoms with Crippen LogP contribution in [-0.2, 0) is 10.1 Å². The summed E-state index contributed by atoms with van der Waals surface area (Å²) in [7, 11) is -7.25. The van der Waals surface area contributed by atoms with Gasteiger partial charge in [0.25, 0.3) is 0 Å². The third-order valence-electron chi connectivity index (χ3n) is 1.63. The topological polar surface area (TPSA) is 57.2 Å². The van der Waals surface area contributed by atoms with Crippen LogP contribution in [0, 0.1) is 0 Å². The fourth-order valence-corrected chi connectivity index (χ4v) is 1.06. The number of halogens is 8. The summed E-state index contributed by atoms with van der Waals surface area (Å²) in [4.78, 5) is 0. The number of alkyl halides is 8. The first kappa shape index (κ1) is 21.3. The van der Waals surface area contributed by atoms with Gasteiger partial charge in [-0.25, -0.2) is 8.42 Å². The molecule has 0 unspecified atom stereocenters. The molecule has 0 radical (unpaired) electrons. The predicted molar refractivity (Wildman–Crippen MR) is 35.2 cm³/mol. The van der Waals surface area contributed by atoms with Gasteiger partial charge in [-0.2, -0.15) is 35.1 Å². The van der Waals surface area contributed by atoms with E-state index in [9.17, 15) is 48.1 Å². The van der Waals surface area contributed by atoms with Gasteiger partial charge in [0.1, 0.15) is 0 Å². The summed E-state index contributed by atoms with van der Waals surface area (Å²) in [6.07, 6.45) is 0. The Labute approximate surface area is 138 Å². The molecule has 0 aliphatic rings. The molecule has 104 valence electrons. The second kappa shape index (κ2) is 5.41. The van der Waals surface area contributed by atoms with E-state index in [2.05, 4.69) is 0 Å². The van der Waals surface area contributed by atoms with E-state index in [1.54, 1.807) is 0 Å². The Morgan fingerprint density at radius 3 is 1.28 bits per heavy atom. The van der Waals surface area contributed by atoms with E-state index in [0.717, 1.165) is 0 Å². The van der Waals surface area contributed by atoms with Crippen LogP contribution >= 0.6 is 0 Å². The summed E-state index contributed by atoms with van der Waals surface area (Å²) in [5.41, 5.74) is 0. The van der Waals surface area contributed by atoms with Crippen molar-refractivity contribution in [1.82, 2.24) is 0 Å². The van der Waals surface area contributed by atoms with Gasteiger partial charge in [0.2, 0.25) is 0 Å². The first-order valence-corrected chi connectivity index (χ1v) is 4.87. The maximum absolute atomic E-state index is 12.4. The van der Waals surface area contributed by atoms with E-state index in [0.29, 0.717) is 0 Å². The van der Waals surface area contributed by atoms with E-state index in [-0.39, 0.29) is 51.4 Å². The molecular formula is C5H3F8KO3S. The van der Waals surface area contributed by atoms with Crippen LogP contribution in [0.1, 0.15) is 6.92 Å². The van der Waals surface area contributed by atoms with E-state index in [1.807, 2.05) is 0 Å². The molecule has 0 aliphatic carbocycles. The van der Waals surface area contributed by atoms with E-state index < -0.39 is 40.1 Å². The fraction of sp³-hybridized carbons (Fsp3) is 1.00. The summed E-state index contributed by atoms with van der Waals surface area (Å²) in [6, 6.07) is 0. The van der Waals surface area contributed by atoms with Crippen LogP contribution in [0.4, 0.5) is 35.1 Å². The van der Waals surface area contributed by atoms with Crippen molar-refractivity contribution in [1.29, 1.82) is 0 Å². The van der Waals surface area contributed by atoms with Crippen LogP contribution in [-0.4, -0.2) is 36.0 Å². The minimum absolute atomic E-state index is 0. The van der Waals surface area contributed by atoms with Gasteiger partial charge in [-0.15, -0.1) is 0 Å². The van der Waals surface area contributed by atoms with Crippen molar-refractivity contribution in [2.24, 2.45) is 0 Å². The zero-order valence-electron chi connectivity index (χ0n) is 8.66. The average Bonchev–Trinajstić information content (AvgIpc) is 1.98. The van der Waals surface area contributed by atoms with Crippen LogP contribution in [0.5, 0.6) is 0 Å². The van der Waals surface area contributed by atoms with Gasteiger partial charge in [0.15, 0.2) is 10.1 Å². The van der Waals surface area contributed by atoms with Crippen LogP contribution in [0.3, 0.4) is 0 Å². The van der Waals surface area contributed by atoms with E-state index in [4.69, 9.17) is 0 Å². The average molecular weight is 334 g/mol. The minimum Gasteiger partial charge on any atom is -0.743 e. The third-order valence-corrected chi connectivity index (χ3v) is 2.51. The summed E-state index contributed by atoms with van der Waals surface area (Å²) in [6.45, 7) is -0.825. The molecular weight excluding hydrogens is 331 g/mol. The summed E-state index contributed by atoms with van der Waals surface area (Å²) in [5, 5.41) is -6.87. The maximum atomic E-state index is 12.4. The fourth-order valence-electron chi connectivity index (χ4n) is 0.615. The molecule has 0 amide bonds. The molecule has 0 aromatic rings. The van der Waals surface area contributed by atoms with Crippen molar-refractivity contribution in [3.05, 3.63) is 0 Å². The summed E-state index contributed by atoms with van der Waals surface area (Å²) >= 11 is 0. The zero-order chi connectivity index (χ0) is 14.5. The molecule has 0 bridgehead atoms. The van der Waals surface area contributed by atoms with Gasteiger partial charge in [-0.05, 0) is 0 Å². The third kappa shape index (κ3) is 3.17. The molecule has 0 atom stereocenters. The van der Waals surface area contributed by atoms with Gasteiger partial charge in [-0.3, -0.25) is 0 Å². The molecule has 0 saturated carbocycles. The molecule has 13 heteroatoms. The number of hydrogen-bond donors (Lipinski definition) is 0. The maximum Gasteiger partial charge on any atom is 1.00 e. The molecule has 0 fully saturated rings. The van der Waals surface area contributed by atoms with Crippen molar-refractivity contribution in [3.8, 4) is 0 Å². The second-order valence-electron chi connectivity index (χ2n) is 3.01. The molecule has 0 rings (SSSR count). The van der Waals surface area contributed by atoms with Gasteiger partial charge in [0, 0.05) is 6.92 Å². The van der Waals surface area contributed by atoms with Gasteiger partial charge in [-0.1, -0.05) is 0 Å². The Morgan fingerprint density at radius 2 is 1.11 bits per heavy atom. The van der Waals surface area contributed by atoms with Gasteiger partial charge >= 0.3 is 74.4 Å². The van der Waals surface area contributed by atoms with E-state index >= 15 is 0 Å². The molecule has 0 aliphatic heterocycles. The minimum atomic E-state index is -7.25. The zero-order valence-corrected chi connectivity index (χ0v) is 12.6. The Hall–Kier alpha value is 0.986. The molecule has 18 heavy (non-hydrogen) atoms. The van der Waals surface area contributed by atoms with Crippen molar-refractivity contribution in [2.45, 2.75) is 29.9 Å². The van der Waals surface area contributed by atoms with Crippen LogP contribution in [0.15, 0.2) is 0 Å². The first-order chi connectivity index (χ1) is 7.00.